The molecule has 0 aliphatic heterocycles. The second kappa shape index (κ2) is 6.49. The molecule has 4 nitrogen and oxygen atoms in total. The van der Waals surface area contributed by atoms with E-state index in [2.05, 4.69) is 6.58 Å². The Labute approximate surface area is 109 Å². The van der Waals surface area contributed by atoms with Gasteiger partial charge in [0.1, 0.15) is 5.75 Å². The van der Waals surface area contributed by atoms with Gasteiger partial charge in [-0.3, -0.25) is 10.2 Å². The molecule has 0 radical (unpaired) electrons. The van der Waals surface area contributed by atoms with Crippen LogP contribution < -0.4 is 16.0 Å². The fourth-order valence-electron chi connectivity index (χ4n) is 1.26. The first kappa shape index (κ1) is 13.8. The van der Waals surface area contributed by atoms with Crippen molar-refractivity contribution in [3.63, 3.8) is 0 Å². The van der Waals surface area contributed by atoms with Crippen LogP contribution in [0.2, 0.25) is 10.0 Å². The molecule has 0 aromatic heterocycles. The van der Waals surface area contributed by atoms with Gasteiger partial charge in [-0.2, -0.15) is 0 Å². The van der Waals surface area contributed by atoms with Crippen molar-refractivity contribution in [3.05, 3.63) is 40.4 Å². The molecule has 1 rings (SSSR count). The third-order valence-corrected chi connectivity index (χ3v) is 2.46. The van der Waals surface area contributed by atoms with Crippen molar-refractivity contribution < 1.29 is 9.53 Å². The average molecular weight is 275 g/mol. The van der Waals surface area contributed by atoms with Crippen molar-refractivity contribution in [3.8, 4) is 5.75 Å². The van der Waals surface area contributed by atoms with Gasteiger partial charge in [0, 0.05) is 10.6 Å². The van der Waals surface area contributed by atoms with Crippen molar-refractivity contribution in [1.29, 1.82) is 0 Å². The number of hydrogen-bond donors (Lipinski definition) is 2. The number of hydrogen-bond acceptors (Lipinski definition) is 3. The number of halogens is 2. The molecule has 0 heterocycles. The van der Waals surface area contributed by atoms with Crippen LogP contribution >= 0.6 is 23.2 Å². The zero-order valence-corrected chi connectivity index (χ0v) is 10.5. The van der Waals surface area contributed by atoms with Gasteiger partial charge in [0.2, 0.25) is 0 Å². The molecule has 3 N–H and O–H groups in total. The minimum atomic E-state index is -0.444. The molecule has 92 valence electrons. The Morgan fingerprint density at radius 2 is 2.24 bits per heavy atom. The van der Waals surface area contributed by atoms with Crippen LogP contribution in [0.4, 0.5) is 0 Å². The summed E-state index contributed by atoms with van der Waals surface area (Å²) in [6.45, 7) is 3.42. The van der Waals surface area contributed by atoms with E-state index in [1.54, 1.807) is 18.2 Å². The van der Waals surface area contributed by atoms with E-state index in [1.165, 1.54) is 0 Å². The quantitative estimate of drug-likeness (QED) is 0.374. The summed E-state index contributed by atoms with van der Waals surface area (Å²) in [4.78, 5) is 11.0. The van der Waals surface area contributed by atoms with E-state index in [0.717, 1.165) is 5.56 Å². The smallest absolute Gasteiger partial charge is 0.271 e. The lowest BCUT2D eigenvalue weighted by Gasteiger charge is -2.12. The third kappa shape index (κ3) is 3.93. The molecule has 6 heteroatoms. The fraction of sp³-hybridized carbons (Fsp3) is 0.182. The van der Waals surface area contributed by atoms with E-state index in [4.69, 9.17) is 33.8 Å². The molecule has 1 aromatic rings. The summed E-state index contributed by atoms with van der Waals surface area (Å²) in [5, 5.41) is 0.849. The van der Waals surface area contributed by atoms with Gasteiger partial charge in [-0.1, -0.05) is 29.3 Å². The molecule has 17 heavy (non-hydrogen) atoms. The molecule has 1 aromatic carbocycles. The van der Waals surface area contributed by atoms with Gasteiger partial charge in [0.05, 0.1) is 5.02 Å². The standard InChI is InChI=1S/C11H12Cl2N2O2/c1-2-3-7-4-8(12)5-9(13)11(7)17-6-10(16)15-14/h2,4-5H,1,3,6,14H2,(H,15,16). The van der Waals surface area contributed by atoms with Gasteiger partial charge in [-0.25, -0.2) is 5.84 Å². The Kier molecular flexibility index (Phi) is 5.28. The number of ether oxygens (including phenoxy) is 1. The molecule has 0 aliphatic carbocycles. The Morgan fingerprint density at radius 3 is 2.82 bits per heavy atom. The van der Waals surface area contributed by atoms with Crippen LogP contribution in [-0.2, 0) is 11.2 Å². The molecule has 0 saturated carbocycles. The van der Waals surface area contributed by atoms with Crippen molar-refractivity contribution in [2.75, 3.05) is 6.61 Å². The van der Waals surface area contributed by atoms with Crippen LogP contribution in [-0.4, -0.2) is 12.5 Å². The number of carbonyl (C=O) groups excluding carboxylic acids is 1. The number of carbonyl (C=O) groups is 1. The van der Waals surface area contributed by atoms with E-state index < -0.39 is 5.91 Å². The van der Waals surface area contributed by atoms with Gasteiger partial charge in [-0.15, -0.1) is 6.58 Å². The summed E-state index contributed by atoms with van der Waals surface area (Å²) in [5.74, 6) is 4.92. The molecule has 1 amide bonds. The Bertz CT molecular complexity index is 436. The van der Waals surface area contributed by atoms with Crippen LogP contribution in [0.15, 0.2) is 24.8 Å². The number of allylic oxidation sites excluding steroid dienone is 1. The highest BCUT2D eigenvalue weighted by molar-refractivity contribution is 6.35. The maximum atomic E-state index is 11.0. The normalized spacial score (nSPS) is 9.82. The van der Waals surface area contributed by atoms with Crippen molar-refractivity contribution in [1.82, 2.24) is 5.43 Å². The number of nitrogens with two attached hydrogens (primary N) is 1. The van der Waals surface area contributed by atoms with E-state index in [1.807, 2.05) is 5.43 Å². The van der Waals surface area contributed by atoms with Crippen LogP contribution in [0, 0.1) is 0 Å². The van der Waals surface area contributed by atoms with Gasteiger partial charge < -0.3 is 4.74 Å². The second-order valence-electron chi connectivity index (χ2n) is 3.22. The maximum Gasteiger partial charge on any atom is 0.271 e. The molecular weight excluding hydrogens is 263 g/mol. The highest BCUT2D eigenvalue weighted by Gasteiger charge is 2.11. The second-order valence-corrected chi connectivity index (χ2v) is 4.07. The lowest BCUT2D eigenvalue weighted by molar-refractivity contribution is -0.123. The first-order chi connectivity index (χ1) is 8.08. The topological polar surface area (TPSA) is 64.3 Å². The summed E-state index contributed by atoms with van der Waals surface area (Å²) >= 11 is 11.9. The largest absolute Gasteiger partial charge is 0.482 e. The van der Waals surface area contributed by atoms with Crippen LogP contribution in [0.3, 0.4) is 0 Å². The van der Waals surface area contributed by atoms with Crippen LogP contribution in [0.1, 0.15) is 5.56 Å². The van der Waals surface area contributed by atoms with Gasteiger partial charge in [-0.05, 0) is 18.6 Å². The molecule has 0 bridgehead atoms. The maximum absolute atomic E-state index is 11.0. The molecule has 0 atom stereocenters. The van der Waals surface area contributed by atoms with Crippen molar-refractivity contribution >= 4 is 29.1 Å². The molecule has 0 saturated heterocycles. The van der Waals surface area contributed by atoms with Gasteiger partial charge in [0.25, 0.3) is 5.91 Å². The number of rotatable bonds is 5. The average Bonchev–Trinajstić information content (AvgIpc) is 2.27. The lowest BCUT2D eigenvalue weighted by atomic mass is 10.1. The first-order valence-corrected chi connectivity index (χ1v) is 5.55. The Morgan fingerprint density at radius 1 is 1.53 bits per heavy atom. The van der Waals surface area contributed by atoms with E-state index in [-0.39, 0.29) is 6.61 Å². The minimum Gasteiger partial charge on any atom is -0.482 e. The summed E-state index contributed by atoms with van der Waals surface area (Å²) < 4.78 is 5.30. The first-order valence-electron chi connectivity index (χ1n) is 4.79. The lowest BCUT2D eigenvalue weighted by Crippen LogP contribution is -2.34. The summed E-state index contributed by atoms with van der Waals surface area (Å²) in [5.41, 5.74) is 2.73. The molecule has 0 unspecified atom stereocenters. The van der Waals surface area contributed by atoms with Crippen LogP contribution in [0.5, 0.6) is 5.75 Å². The molecular formula is C11H12Cl2N2O2. The predicted molar refractivity (Wildman–Crippen MR) is 68.2 cm³/mol. The molecule has 0 fully saturated rings. The number of benzene rings is 1. The van der Waals surface area contributed by atoms with Gasteiger partial charge >= 0.3 is 0 Å². The SMILES string of the molecule is C=CCc1cc(Cl)cc(Cl)c1OCC(=O)NN. The molecule has 0 spiro atoms. The number of hydrazine groups is 1. The summed E-state index contributed by atoms with van der Waals surface area (Å²) in [7, 11) is 0. The number of nitrogens with one attached hydrogen (secondary N) is 1. The highest BCUT2D eigenvalue weighted by Crippen LogP contribution is 2.32. The zero-order chi connectivity index (χ0) is 12.8. The number of amides is 1. The fourth-order valence-corrected chi connectivity index (χ4v) is 1.85. The van der Waals surface area contributed by atoms with E-state index >= 15 is 0 Å². The van der Waals surface area contributed by atoms with Gasteiger partial charge in [0.15, 0.2) is 6.61 Å². The Hall–Kier alpha value is -1.23. The molecule has 0 aliphatic rings. The zero-order valence-electron chi connectivity index (χ0n) is 9.00. The van der Waals surface area contributed by atoms with Crippen molar-refractivity contribution in [2.24, 2.45) is 5.84 Å². The minimum absolute atomic E-state index is 0.206. The summed E-state index contributed by atoms with van der Waals surface area (Å²) in [6.07, 6.45) is 2.23. The predicted octanol–water partition coefficient (Wildman–Crippen LogP) is 2.09. The van der Waals surface area contributed by atoms with Crippen LogP contribution in [0.25, 0.3) is 0 Å². The Balaban J connectivity index is 2.95. The monoisotopic (exact) mass is 274 g/mol. The van der Waals surface area contributed by atoms with Crippen molar-refractivity contribution in [2.45, 2.75) is 6.42 Å². The summed E-state index contributed by atoms with van der Waals surface area (Å²) in [6, 6.07) is 3.26. The third-order valence-electron chi connectivity index (χ3n) is 1.96. The highest BCUT2D eigenvalue weighted by atomic mass is 35.5. The van der Waals surface area contributed by atoms with E-state index in [9.17, 15) is 4.79 Å². The van der Waals surface area contributed by atoms with E-state index in [0.29, 0.717) is 22.2 Å².